The van der Waals surface area contributed by atoms with Gasteiger partial charge in [0.05, 0.1) is 19.0 Å². The predicted molar refractivity (Wildman–Crippen MR) is 93.6 cm³/mol. The summed E-state index contributed by atoms with van der Waals surface area (Å²) >= 11 is 0. The number of hydrogen-bond acceptors (Lipinski definition) is 5. The average Bonchev–Trinajstić information content (AvgIpc) is 2.87. The molecule has 1 aliphatic heterocycles. The maximum absolute atomic E-state index is 12.3. The second-order valence-electron chi connectivity index (χ2n) is 5.36. The molecule has 134 valence electrons. The number of para-hydroxylation sites is 1. The van der Waals surface area contributed by atoms with Crippen LogP contribution in [0.1, 0.15) is 11.1 Å². The largest absolute Gasteiger partial charge is 0.493 e. The van der Waals surface area contributed by atoms with Crippen molar-refractivity contribution in [3.8, 4) is 11.5 Å². The van der Waals surface area contributed by atoms with Gasteiger partial charge < -0.3 is 14.4 Å². The van der Waals surface area contributed by atoms with Crippen LogP contribution >= 0.6 is 0 Å². The Morgan fingerprint density at radius 1 is 1.15 bits per heavy atom. The van der Waals surface area contributed by atoms with Gasteiger partial charge in [-0.25, -0.2) is 0 Å². The third kappa shape index (κ3) is 3.39. The predicted octanol–water partition coefficient (Wildman–Crippen LogP) is 3.10. The number of ether oxygens (including phenoxy) is 2. The van der Waals surface area contributed by atoms with Crippen molar-refractivity contribution in [3.63, 3.8) is 0 Å². The molecule has 0 unspecified atom stereocenters. The number of amides is 1. The van der Waals surface area contributed by atoms with Crippen molar-refractivity contribution in [2.75, 3.05) is 19.1 Å². The second-order valence-corrected chi connectivity index (χ2v) is 5.36. The quantitative estimate of drug-likeness (QED) is 0.609. The number of fused-ring (bicyclic) bond motifs is 1. The Morgan fingerprint density at radius 3 is 2.65 bits per heavy atom. The van der Waals surface area contributed by atoms with Crippen LogP contribution in [-0.2, 0) is 4.79 Å². The van der Waals surface area contributed by atoms with Gasteiger partial charge in [-0.15, -0.1) is 5.10 Å². The summed E-state index contributed by atoms with van der Waals surface area (Å²) in [6.07, 6.45) is 1.40. The molecule has 0 aliphatic carbocycles. The van der Waals surface area contributed by atoms with E-state index in [-0.39, 0.29) is 23.1 Å². The molecule has 0 saturated heterocycles. The van der Waals surface area contributed by atoms with Crippen molar-refractivity contribution in [2.24, 2.45) is 10.2 Å². The number of likely N-dealkylation sites (N-methyl/N-ethyl adjacent to an activating group) is 1. The first-order chi connectivity index (χ1) is 12.5. The molecule has 0 bridgehead atoms. The van der Waals surface area contributed by atoms with Crippen LogP contribution in [0.5, 0.6) is 11.5 Å². The highest BCUT2D eigenvalue weighted by molar-refractivity contribution is 6.54. The molecule has 0 atom stereocenters. The van der Waals surface area contributed by atoms with E-state index < -0.39 is 6.61 Å². The first-order valence-electron chi connectivity index (χ1n) is 7.62. The summed E-state index contributed by atoms with van der Waals surface area (Å²) in [5.74, 6) is -0.182. The van der Waals surface area contributed by atoms with Gasteiger partial charge >= 0.3 is 6.61 Å². The first-order valence-corrected chi connectivity index (χ1v) is 7.62. The summed E-state index contributed by atoms with van der Waals surface area (Å²) in [4.78, 5) is 13.8. The highest BCUT2D eigenvalue weighted by atomic mass is 19.3. The average molecular weight is 359 g/mol. The molecule has 0 N–H and O–H groups in total. The van der Waals surface area contributed by atoms with E-state index in [4.69, 9.17) is 4.74 Å². The standard InChI is InChI=1S/C18H15F2N3O3/c1-23-13-6-4-3-5-12(13)16(17(23)24)22-21-10-11-7-8-14(26-18(19)20)15(9-11)25-2/h3-10,18H,1-2H3/b21-10-,22-16-. The minimum atomic E-state index is -2.94. The van der Waals surface area contributed by atoms with E-state index in [2.05, 4.69) is 14.9 Å². The molecule has 0 radical (unpaired) electrons. The lowest BCUT2D eigenvalue weighted by Crippen LogP contribution is -2.25. The molecule has 3 rings (SSSR count). The first kappa shape index (κ1) is 17.5. The van der Waals surface area contributed by atoms with E-state index in [1.54, 1.807) is 13.1 Å². The van der Waals surface area contributed by atoms with Crippen molar-refractivity contribution in [1.82, 2.24) is 0 Å². The molecular formula is C18H15F2N3O3. The molecule has 1 amide bonds. The van der Waals surface area contributed by atoms with Crippen molar-refractivity contribution in [2.45, 2.75) is 6.61 Å². The number of rotatable bonds is 5. The molecule has 2 aromatic carbocycles. The van der Waals surface area contributed by atoms with Gasteiger partial charge in [0.25, 0.3) is 5.91 Å². The van der Waals surface area contributed by atoms with Gasteiger partial charge in [0.1, 0.15) is 0 Å². The topological polar surface area (TPSA) is 63.5 Å². The number of alkyl halides is 2. The lowest BCUT2D eigenvalue weighted by atomic mass is 10.1. The van der Waals surface area contributed by atoms with Crippen LogP contribution in [0.2, 0.25) is 0 Å². The molecular weight excluding hydrogens is 344 g/mol. The Hall–Kier alpha value is -3.29. The summed E-state index contributed by atoms with van der Waals surface area (Å²) in [6, 6.07) is 11.6. The van der Waals surface area contributed by atoms with Crippen LogP contribution in [0.15, 0.2) is 52.7 Å². The number of hydrogen-bond donors (Lipinski definition) is 0. The zero-order chi connectivity index (χ0) is 18.7. The Kier molecular flexibility index (Phi) is 4.92. The molecule has 0 fully saturated rings. The third-order valence-electron chi connectivity index (χ3n) is 3.80. The van der Waals surface area contributed by atoms with Crippen molar-refractivity contribution in [1.29, 1.82) is 0 Å². The molecule has 2 aromatic rings. The van der Waals surface area contributed by atoms with Crippen LogP contribution in [0.3, 0.4) is 0 Å². The number of benzene rings is 2. The lowest BCUT2D eigenvalue weighted by molar-refractivity contribution is -0.111. The zero-order valence-corrected chi connectivity index (χ0v) is 14.0. The molecule has 26 heavy (non-hydrogen) atoms. The molecule has 1 heterocycles. The number of halogens is 2. The highest BCUT2D eigenvalue weighted by Crippen LogP contribution is 2.29. The highest BCUT2D eigenvalue weighted by Gasteiger charge is 2.30. The number of nitrogens with zero attached hydrogens (tertiary/aromatic N) is 3. The SMILES string of the molecule is COc1cc(/C=N\N=C2/C(=O)N(C)c3ccccc32)ccc1OC(F)F. The summed E-state index contributed by atoms with van der Waals surface area (Å²) in [5, 5.41) is 7.96. The Morgan fingerprint density at radius 2 is 1.92 bits per heavy atom. The van der Waals surface area contributed by atoms with Gasteiger partial charge in [0.2, 0.25) is 0 Å². The van der Waals surface area contributed by atoms with E-state index in [0.717, 1.165) is 5.69 Å². The maximum Gasteiger partial charge on any atom is 0.387 e. The van der Waals surface area contributed by atoms with Gasteiger partial charge in [-0.3, -0.25) is 4.79 Å². The molecule has 1 aliphatic rings. The molecule has 0 spiro atoms. The van der Waals surface area contributed by atoms with Crippen LogP contribution in [0, 0.1) is 0 Å². The molecule has 0 saturated carbocycles. The normalized spacial score (nSPS) is 15.2. The fraction of sp³-hybridized carbons (Fsp3) is 0.167. The summed E-state index contributed by atoms with van der Waals surface area (Å²) < 4.78 is 34.1. The lowest BCUT2D eigenvalue weighted by Gasteiger charge is -2.09. The van der Waals surface area contributed by atoms with Gasteiger partial charge in [0, 0.05) is 12.6 Å². The number of anilines is 1. The van der Waals surface area contributed by atoms with E-state index in [1.165, 1.54) is 36.4 Å². The van der Waals surface area contributed by atoms with Gasteiger partial charge in [-0.05, 0) is 29.8 Å². The van der Waals surface area contributed by atoms with Crippen LogP contribution in [0.25, 0.3) is 0 Å². The van der Waals surface area contributed by atoms with Crippen LogP contribution in [-0.4, -0.2) is 38.6 Å². The number of methoxy groups -OCH3 is 1. The number of carbonyl (C=O) groups excluding carboxylic acids is 1. The smallest absolute Gasteiger partial charge is 0.387 e. The Labute approximate surface area is 148 Å². The maximum atomic E-state index is 12.3. The van der Waals surface area contributed by atoms with Crippen molar-refractivity contribution >= 4 is 23.5 Å². The van der Waals surface area contributed by atoms with Crippen LogP contribution < -0.4 is 14.4 Å². The number of carbonyl (C=O) groups is 1. The fourth-order valence-electron chi connectivity index (χ4n) is 2.56. The molecule has 8 heteroatoms. The summed E-state index contributed by atoms with van der Waals surface area (Å²) in [7, 11) is 3.01. The van der Waals surface area contributed by atoms with Crippen molar-refractivity contribution in [3.05, 3.63) is 53.6 Å². The van der Waals surface area contributed by atoms with Gasteiger partial charge in [-0.2, -0.15) is 13.9 Å². The Balaban J connectivity index is 1.85. The zero-order valence-electron chi connectivity index (χ0n) is 14.0. The molecule has 0 aromatic heterocycles. The van der Waals surface area contributed by atoms with Gasteiger partial charge in [0.15, 0.2) is 17.2 Å². The van der Waals surface area contributed by atoms with Crippen molar-refractivity contribution < 1.29 is 23.0 Å². The van der Waals surface area contributed by atoms with Gasteiger partial charge in [-0.1, -0.05) is 18.2 Å². The van der Waals surface area contributed by atoms with Crippen LogP contribution in [0.4, 0.5) is 14.5 Å². The third-order valence-corrected chi connectivity index (χ3v) is 3.80. The summed E-state index contributed by atoms with van der Waals surface area (Å²) in [5.41, 5.74) is 2.26. The fourth-order valence-corrected chi connectivity index (χ4v) is 2.56. The minimum Gasteiger partial charge on any atom is -0.493 e. The summed E-state index contributed by atoms with van der Waals surface area (Å²) in [6.45, 7) is -2.94. The van der Waals surface area contributed by atoms with E-state index in [9.17, 15) is 13.6 Å². The Bertz CT molecular complexity index is 897. The minimum absolute atomic E-state index is 0.0764. The van der Waals surface area contributed by atoms with E-state index in [0.29, 0.717) is 11.1 Å². The molecule has 6 nitrogen and oxygen atoms in total. The monoisotopic (exact) mass is 359 g/mol. The van der Waals surface area contributed by atoms with E-state index in [1.807, 2.05) is 18.2 Å². The van der Waals surface area contributed by atoms with E-state index >= 15 is 0 Å². The second kappa shape index (κ2) is 7.30.